The van der Waals surface area contributed by atoms with Gasteiger partial charge in [0.2, 0.25) is 0 Å². The van der Waals surface area contributed by atoms with Gasteiger partial charge in [0.1, 0.15) is 0 Å². The molecule has 0 aliphatic rings. The minimum atomic E-state index is -1.50. The van der Waals surface area contributed by atoms with Crippen molar-refractivity contribution in [3.05, 3.63) is 88.2 Å². The summed E-state index contributed by atoms with van der Waals surface area (Å²) in [4.78, 5) is 27.9. The fourth-order valence-corrected chi connectivity index (χ4v) is 2.95. The zero-order valence-corrected chi connectivity index (χ0v) is 18.3. The predicted octanol–water partition coefficient (Wildman–Crippen LogP) is 5.37. The number of nitrogens with one attached hydrogen (secondary N) is 2. The van der Waals surface area contributed by atoms with Crippen molar-refractivity contribution in [2.45, 2.75) is 34.2 Å². The summed E-state index contributed by atoms with van der Waals surface area (Å²) in [6, 6.07) is 9.34. The molecule has 1 heterocycles. The molecule has 3 rings (SSSR count). The Labute approximate surface area is 185 Å². The highest BCUT2D eigenvalue weighted by molar-refractivity contribution is 6.01. The van der Waals surface area contributed by atoms with Gasteiger partial charge in [0, 0.05) is 24.6 Å². The monoisotopic (exact) mass is 441 g/mol. The molecule has 0 unspecified atom stereocenters. The first-order valence-corrected chi connectivity index (χ1v) is 10.0. The van der Waals surface area contributed by atoms with E-state index in [-0.39, 0.29) is 6.54 Å². The summed E-state index contributed by atoms with van der Waals surface area (Å²) in [6.07, 6.45) is 3.05. The Morgan fingerprint density at radius 1 is 0.969 bits per heavy atom. The lowest BCUT2D eigenvalue weighted by molar-refractivity contribution is 0.0697. The predicted molar refractivity (Wildman–Crippen MR) is 119 cm³/mol. The number of pyridine rings is 1. The second-order valence-electron chi connectivity index (χ2n) is 6.76. The van der Waals surface area contributed by atoms with Gasteiger partial charge in [-0.15, -0.1) is 0 Å². The summed E-state index contributed by atoms with van der Waals surface area (Å²) >= 11 is 0. The van der Waals surface area contributed by atoms with E-state index in [9.17, 15) is 23.5 Å². The number of amides is 1. The third kappa shape index (κ3) is 5.66. The summed E-state index contributed by atoms with van der Waals surface area (Å²) in [7, 11) is 0. The summed E-state index contributed by atoms with van der Waals surface area (Å²) < 4.78 is 29.5. The van der Waals surface area contributed by atoms with Crippen LogP contribution in [0.5, 0.6) is 0 Å². The van der Waals surface area contributed by atoms with Gasteiger partial charge in [-0.2, -0.15) is 0 Å². The summed E-state index contributed by atoms with van der Waals surface area (Å²) in [5.41, 5.74) is 1.03. The number of rotatable bonds is 6. The molecule has 32 heavy (non-hydrogen) atoms. The number of hydrogen-bond acceptors (Lipinski definition) is 4. The average Bonchev–Trinajstić information content (AvgIpc) is 2.79. The van der Waals surface area contributed by atoms with Gasteiger partial charge in [-0.1, -0.05) is 31.5 Å². The van der Waals surface area contributed by atoms with Crippen LogP contribution in [0.25, 0.3) is 0 Å². The Morgan fingerprint density at radius 2 is 1.62 bits per heavy atom. The Bertz CT molecular complexity index is 1120. The molecule has 0 aliphatic heterocycles. The summed E-state index contributed by atoms with van der Waals surface area (Å²) in [5.74, 6) is -5.29. The van der Waals surface area contributed by atoms with E-state index in [4.69, 9.17) is 0 Å². The van der Waals surface area contributed by atoms with E-state index >= 15 is 0 Å². The third-order valence-electron chi connectivity index (χ3n) is 4.53. The molecule has 0 aliphatic carbocycles. The van der Waals surface area contributed by atoms with Crippen molar-refractivity contribution in [1.82, 2.24) is 10.3 Å². The lowest BCUT2D eigenvalue weighted by Crippen LogP contribution is -2.25. The molecular weight excluding hydrogens is 416 g/mol. The lowest BCUT2D eigenvalue weighted by atomic mass is 10.0. The van der Waals surface area contributed by atoms with Gasteiger partial charge in [0.15, 0.2) is 11.6 Å². The van der Waals surface area contributed by atoms with E-state index in [1.165, 1.54) is 12.4 Å². The number of carboxylic acids is 1. The smallest absolute Gasteiger partial charge is 0.337 e. The van der Waals surface area contributed by atoms with E-state index in [1.807, 2.05) is 26.8 Å². The highest BCUT2D eigenvalue weighted by Gasteiger charge is 2.26. The number of benzene rings is 2. The number of nitrogens with zero attached hydrogens (tertiary/aromatic N) is 1. The van der Waals surface area contributed by atoms with Crippen molar-refractivity contribution < 1.29 is 23.5 Å². The van der Waals surface area contributed by atoms with Crippen molar-refractivity contribution >= 4 is 23.3 Å². The molecule has 6 nitrogen and oxygen atoms in total. The Morgan fingerprint density at radius 3 is 2.22 bits per heavy atom. The maximum absolute atomic E-state index is 14.8. The van der Waals surface area contributed by atoms with Gasteiger partial charge in [0.05, 0.1) is 16.8 Å². The first-order valence-electron chi connectivity index (χ1n) is 10.0. The maximum atomic E-state index is 14.8. The van der Waals surface area contributed by atoms with E-state index in [0.29, 0.717) is 11.3 Å². The van der Waals surface area contributed by atoms with Gasteiger partial charge < -0.3 is 15.7 Å². The Hall–Kier alpha value is -3.81. The first-order chi connectivity index (χ1) is 15.3. The largest absolute Gasteiger partial charge is 0.478 e. The number of aryl methyl sites for hydroxylation is 2. The molecule has 0 atom stereocenters. The quantitative estimate of drug-likeness (QED) is 0.478. The normalized spacial score (nSPS) is 10.1. The van der Waals surface area contributed by atoms with E-state index < -0.39 is 40.3 Å². The topological polar surface area (TPSA) is 91.3 Å². The molecule has 0 saturated heterocycles. The minimum Gasteiger partial charge on any atom is -0.478 e. The van der Waals surface area contributed by atoms with Crippen molar-refractivity contribution in [1.29, 1.82) is 0 Å². The fourth-order valence-electron chi connectivity index (χ4n) is 2.95. The third-order valence-corrected chi connectivity index (χ3v) is 4.53. The molecule has 3 aromatic rings. The Balaban J connectivity index is 0.00000176. The van der Waals surface area contributed by atoms with E-state index in [2.05, 4.69) is 15.6 Å². The second kappa shape index (κ2) is 11.0. The first kappa shape index (κ1) is 24.5. The number of carboxylic acid groups (broad SMARTS) is 1. The number of carbonyl (C=O) groups is 2. The zero-order valence-electron chi connectivity index (χ0n) is 18.3. The molecule has 0 bridgehead atoms. The van der Waals surface area contributed by atoms with Crippen LogP contribution in [-0.2, 0) is 6.54 Å². The molecule has 1 aromatic heterocycles. The molecule has 0 saturated carbocycles. The summed E-state index contributed by atoms with van der Waals surface area (Å²) in [6.45, 7) is 7.68. The van der Waals surface area contributed by atoms with Crippen molar-refractivity contribution in [3.63, 3.8) is 0 Å². The molecule has 1 amide bonds. The van der Waals surface area contributed by atoms with Gasteiger partial charge in [0.25, 0.3) is 5.91 Å². The highest BCUT2D eigenvalue weighted by atomic mass is 19.2. The maximum Gasteiger partial charge on any atom is 0.337 e. The van der Waals surface area contributed by atoms with Crippen LogP contribution in [0.1, 0.15) is 51.3 Å². The molecule has 8 heteroatoms. The van der Waals surface area contributed by atoms with Crippen LogP contribution < -0.4 is 10.6 Å². The average molecular weight is 441 g/mol. The van der Waals surface area contributed by atoms with Crippen LogP contribution in [0, 0.1) is 25.5 Å². The van der Waals surface area contributed by atoms with Crippen LogP contribution in [-0.4, -0.2) is 22.0 Å². The number of carbonyl (C=O) groups excluding carboxylic acids is 1. The number of hydrogen-bond donors (Lipinski definition) is 3. The van der Waals surface area contributed by atoms with Crippen LogP contribution >= 0.6 is 0 Å². The van der Waals surface area contributed by atoms with Gasteiger partial charge in [-0.05, 0) is 49.2 Å². The highest BCUT2D eigenvalue weighted by Crippen LogP contribution is 2.30. The van der Waals surface area contributed by atoms with Crippen LogP contribution in [0.2, 0.25) is 0 Å². The van der Waals surface area contributed by atoms with Crippen LogP contribution in [0.3, 0.4) is 0 Å². The molecule has 0 fully saturated rings. The van der Waals surface area contributed by atoms with Crippen molar-refractivity contribution in [3.8, 4) is 0 Å². The second-order valence-corrected chi connectivity index (χ2v) is 6.76. The van der Waals surface area contributed by atoms with Crippen LogP contribution in [0.15, 0.2) is 48.8 Å². The molecule has 2 aromatic carbocycles. The zero-order chi connectivity index (χ0) is 23.8. The number of aromatic carboxylic acids is 1. The molecule has 0 radical (unpaired) electrons. The Kier molecular flexibility index (Phi) is 8.40. The van der Waals surface area contributed by atoms with Crippen molar-refractivity contribution in [2.24, 2.45) is 0 Å². The van der Waals surface area contributed by atoms with Gasteiger partial charge >= 0.3 is 5.97 Å². The minimum absolute atomic E-state index is 0.0490. The fraction of sp³-hybridized carbons (Fsp3) is 0.208. The van der Waals surface area contributed by atoms with Crippen LogP contribution in [0.4, 0.5) is 20.2 Å². The number of aromatic nitrogens is 1. The SMILES string of the molecule is CC.Cc1ccc(Nc2c(C(=O)O)cc(C(=O)NCc3ccncc3)c(F)c2F)c(C)c1. The molecular formula is C24H25F2N3O3. The number of halogens is 2. The van der Waals surface area contributed by atoms with E-state index in [1.54, 1.807) is 31.2 Å². The molecule has 0 spiro atoms. The standard InChI is InChI=1S/C22H19F2N3O3.C2H6/c1-12-3-4-17(13(2)9-12)27-20-16(22(29)30)10-15(18(23)19(20)24)21(28)26-11-14-5-7-25-8-6-14;1-2/h3-10,27H,11H2,1-2H3,(H,26,28)(H,29,30);1-2H3. The molecule has 3 N–H and O–H groups in total. The van der Waals surface area contributed by atoms with Gasteiger partial charge in [-0.25, -0.2) is 13.6 Å². The van der Waals surface area contributed by atoms with Gasteiger partial charge in [-0.3, -0.25) is 9.78 Å². The number of anilines is 2. The lowest BCUT2D eigenvalue weighted by Gasteiger charge is -2.16. The molecule has 168 valence electrons. The van der Waals surface area contributed by atoms with E-state index in [0.717, 1.165) is 17.2 Å². The van der Waals surface area contributed by atoms with Crippen molar-refractivity contribution in [2.75, 3.05) is 5.32 Å². The summed E-state index contributed by atoms with van der Waals surface area (Å²) in [5, 5.41) is 14.6.